The van der Waals surface area contributed by atoms with E-state index in [4.69, 9.17) is 5.11 Å². The fourth-order valence-electron chi connectivity index (χ4n) is 3.39. The van der Waals surface area contributed by atoms with E-state index in [1.165, 1.54) is 0 Å². The van der Waals surface area contributed by atoms with E-state index in [-0.39, 0.29) is 5.41 Å². The Morgan fingerprint density at radius 1 is 0.706 bits per heavy atom. The lowest BCUT2D eigenvalue weighted by Gasteiger charge is -2.38. The van der Waals surface area contributed by atoms with Gasteiger partial charge in [0.2, 0.25) is 0 Å². The number of aromatic nitrogens is 2. The fraction of sp³-hybridized carbons (Fsp3) is 0.769. The number of nitrogens with zero attached hydrogens (tertiary/aromatic N) is 2. The minimum Gasteiger partial charge on any atom is -0.481 e. The van der Waals surface area contributed by atoms with E-state index in [0.717, 1.165) is 79.3 Å². The zero-order chi connectivity index (χ0) is 25.8. The van der Waals surface area contributed by atoms with E-state index in [9.17, 15) is 14.7 Å². The molecule has 0 unspecified atom stereocenters. The predicted molar refractivity (Wildman–Crippen MR) is 142 cm³/mol. The summed E-state index contributed by atoms with van der Waals surface area (Å²) in [5, 5.41) is 29.1. The van der Waals surface area contributed by atoms with Crippen LogP contribution in [0.25, 0.3) is 0 Å². The number of carboxylic acid groups (broad SMARTS) is 2. The van der Waals surface area contributed by atoms with E-state index in [1.807, 2.05) is 39.8 Å². The summed E-state index contributed by atoms with van der Waals surface area (Å²) in [6, 6.07) is 4.07. The van der Waals surface area contributed by atoms with Crippen LogP contribution in [0.5, 0.6) is 0 Å². The van der Waals surface area contributed by atoms with Gasteiger partial charge < -0.3 is 10.2 Å². The van der Waals surface area contributed by atoms with Crippen molar-refractivity contribution in [3.05, 3.63) is 12.1 Å². The molecule has 0 aliphatic heterocycles. The Balaban J connectivity index is 2.16. The molecule has 2 N–H and O–H groups in total. The van der Waals surface area contributed by atoms with Gasteiger partial charge in [0.1, 0.15) is 10.1 Å². The standard InChI is InChI=1S/C26H44N2O4S2/c1-24(2,22(29)30)16-10-7-8-12-18-33-20-14-15-21(28-27-20)34-19-13-9-11-17-25(3,4)26(5,6)23(31)32/h14-15H,7-13,16-19H2,1-6H3,(H,29,30)(H,31,32). The van der Waals surface area contributed by atoms with Gasteiger partial charge >= 0.3 is 11.9 Å². The number of hydrogen-bond donors (Lipinski definition) is 2. The molecule has 0 amide bonds. The van der Waals surface area contributed by atoms with Crippen molar-refractivity contribution in [2.24, 2.45) is 16.2 Å². The molecule has 34 heavy (non-hydrogen) atoms. The molecule has 0 radical (unpaired) electrons. The molecule has 8 heteroatoms. The Morgan fingerprint density at radius 2 is 1.15 bits per heavy atom. The lowest BCUT2D eigenvalue weighted by Crippen LogP contribution is -2.39. The van der Waals surface area contributed by atoms with Crippen molar-refractivity contribution in [2.75, 3.05) is 11.5 Å². The molecule has 1 aromatic rings. The van der Waals surface area contributed by atoms with E-state index in [1.54, 1.807) is 37.4 Å². The highest BCUT2D eigenvalue weighted by atomic mass is 32.2. The quantitative estimate of drug-likeness (QED) is 0.155. The molecule has 0 bridgehead atoms. The second-order valence-electron chi connectivity index (χ2n) is 10.9. The van der Waals surface area contributed by atoms with Gasteiger partial charge in [-0.2, -0.15) is 0 Å². The van der Waals surface area contributed by atoms with Crippen LogP contribution < -0.4 is 0 Å². The highest BCUT2D eigenvalue weighted by molar-refractivity contribution is 7.99. The van der Waals surface area contributed by atoms with E-state index in [2.05, 4.69) is 10.2 Å². The zero-order valence-corrected chi connectivity index (χ0v) is 23.5. The van der Waals surface area contributed by atoms with Crippen molar-refractivity contribution in [1.82, 2.24) is 10.2 Å². The average Bonchev–Trinajstić information content (AvgIpc) is 2.76. The van der Waals surface area contributed by atoms with Crippen LogP contribution in [0.4, 0.5) is 0 Å². The molecule has 0 aliphatic carbocycles. The van der Waals surface area contributed by atoms with Gasteiger partial charge in [0, 0.05) is 0 Å². The largest absolute Gasteiger partial charge is 0.481 e. The molecule has 0 fully saturated rings. The summed E-state index contributed by atoms with van der Waals surface area (Å²) in [6.45, 7) is 11.3. The molecule has 6 nitrogen and oxygen atoms in total. The smallest absolute Gasteiger partial charge is 0.309 e. The Hall–Kier alpha value is -1.28. The maximum atomic E-state index is 11.5. The van der Waals surface area contributed by atoms with Crippen molar-refractivity contribution < 1.29 is 19.8 Å². The Labute approximate surface area is 214 Å². The number of aliphatic carboxylic acids is 2. The maximum Gasteiger partial charge on any atom is 0.309 e. The zero-order valence-electron chi connectivity index (χ0n) is 21.9. The molecule has 1 rings (SSSR count). The van der Waals surface area contributed by atoms with Crippen molar-refractivity contribution in [1.29, 1.82) is 0 Å². The van der Waals surface area contributed by atoms with Gasteiger partial charge in [-0.05, 0) is 82.4 Å². The third-order valence-corrected chi connectivity index (χ3v) is 9.08. The Kier molecular flexibility index (Phi) is 13.0. The highest BCUT2D eigenvalue weighted by Gasteiger charge is 2.42. The first kappa shape index (κ1) is 30.8. The third kappa shape index (κ3) is 10.5. The van der Waals surface area contributed by atoms with Gasteiger partial charge in [-0.1, -0.05) is 46.0 Å². The SMILES string of the molecule is CC(C)(CCCCCCSc1ccc(SCCCCCC(C)(C)C(C)(C)C(=O)O)nn1)C(=O)O. The second kappa shape index (κ2) is 14.3. The van der Waals surface area contributed by atoms with E-state index >= 15 is 0 Å². The Bertz CT molecular complexity index is 765. The van der Waals surface area contributed by atoms with Gasteiger partial charge in [0.15, 0.2) is 0 Å². The molecule has 194 valence electrons. The fourth-order valence-corrected chi connectivity index (χ4v) is 5.03. The number of unbranched alkanes of at least 4 members (excludes halogenated alkanes) is 5. The first-order valence-corrected chi connectivity index (χ1v) is 14.3. The van der Waals surface area contributed by atoms with Crippen molar-refractivity contribution in [3.8, 4) is 0 Å². The monoisotopic (exact) mass is 512 g/mol. The molecule has 0 saturated heterocycles. The number of hydrogen-bond acceptors (Lipinski definition) is 6. The van der Waals surface area contributed by atoms with E-state index in [0.29, 0.717) is 0 Å². The lowest BCUT2D eigenvalue weighted by atomic mass is 9.65. The number of carboxylic acids is 2. The van der Waals surface area contributed by atoms with Crippen LogP contribution in [0.15, 0.2) is 22.2 Å². The summed E-state index contributed by atoms with van der Waals surface area (Å²) in [6.07, 6.45) is 9.04. The molecular weight excluding hydrogens is 468 g/mol. The molecule has 1 aromatic heterocycles. The van der Waals surface area contributed by atoms with Gasteiger partial charge in [0.05, 0.1) is 10.8 Å². The normalized spacial score (nSPS) is 12.6. The predicted octanol–water partition coefficient (Wildman–Crippen LogP) is 7.42. The van der Waals surface area contributed by atoms with Crippen LogP contribution in [0.2, 0.25) is 0 Å². The molecule has 0 saturated carbocycles. The summed E-state index contributed by atoms with van der Waals surface area (Å²) in [4.78, 5) is 22.6. The summed E-state index contributed by atoms with van der Waals surface area (Å²) < 4.78 is 0. The van der Waals surface area contributed by atoms with Crippen LogP contribution in [-0.2, 0) is 9.59 Å². The summed E-state index contributed by atoms with van der Waals surface area (Å²) in [7, 11) is 0. The molecule has 0 atom stereocenters. The van der Waals surface area contributed by atoms with Gasteiger partial charge in [-0.15, -0.1) is 33.7 Å². The summed E-state index contributed by atoms with van der Waals surface area (Å²) in [5.74, 6) is 0.538. The minimum atomic E-state index is -0.731. The van der Waals surface area contributed by atoms with Crippen LogP contribution in [-0.4, -0.2) is 43.9 Å². The highest BCUT2D eigenvalue weighted by Crippen LogP contribution is 2.42. The van der Waals surface area contributed by atoms with Crippen molar-refractivity contribution >= 4 is 35.5 Å². The van der Waals surface area contributed by atoms with Crippen molar-refractivity contribution in [3.63, 3.8) is 0 Å². The summed E-state index contributed by atoms with van der Waals surface area (Å²) >= 11 is 3.44. The van der Waals surface area contributed by atoms with Gasteiger partial charge in [0.25, 0.3) is 0 Å². The van der Waals surface area contributed by atoms with Gasteiger partial charge in [-0.25, -0.2) is 0 Å². The number of rotatable bonds is 18. The molecule has 1 heterocycles. The minimum absolute atomic E-state index is 0.234. The van der Waals surface area contributed by atoms with Crippen LogP contribution in [0.3, 0.4) is 0 Å². The van der Waals surface area contributed by atoms with Crippen LogP contribution >= 0.6 is 23.5 Å². The van der Waals surface area contributed by atoms with E-state index < -0.39 is 22.8 Å². The topological polar surface area (TPSA) is 100 Å². The van der Waals surface area contributed by atoms with Crippen molar-refractivity contribution in [2.45, 2.75) is 109 Å². The lowest BCUT2D eigenvalue weighted by molar-refractivity contribution is -0.154. The first-order chi connectivity index (χ1) is 15.8. The van der Waals surface area contributed by atoms with Crippen LogP contribution in [0, 0.1) is 16.2 Å². The maximum absolute atomic E-state index is 11.5. The van der Waals surface area contributed by atoms with Crippen LogP contribution in [0.1, 0.15) is 99.3 Å². The number of carbonyl (C=O) groups is 2. The molecule has 0 aliphatic rings. The first-order valence-electron chi connectivity index (χ1n) is 12.4. The molecule has 0 aromatic carbocycles. The molecule has 0 spiro atoms. The third-order valence-electron chi connectivity index (χ3n) is 7.06. The second-order valence-corrected chi connectivity index (χ2v) is 13.1. The summed E-state index contributed by atoms with van der Waals surface area (Å²) in [5.41, 5.74) is -1.58. The number of thioether (sulfide) groups is 2. The average molecular weight is 513 g/mol. The Morgan fingerprint density at radius 3 is 1.59 bits per heavy atom. The van der Waals surface area contributed by atoms with Gasteiger partial charge in [-0.3, -0.25) is 9.59 Å². The molecular formula is C26H44N2O4S2.